The second kappa shape index (κ2) is 3.87. The van der Waals surface area contributed by atoms with Gasteiger partial charge < -0.3 is 0 Å². The lowest BCUT2D eigenvalue weighted by Crippen LogP contribution is -1.95. The molecule has 0 aliphatic heterocycles. The Kier molecular flexibility index (Phi) is 2.91. The van der Waals surface area contributed by atoms with Crippen molar-refractivity contribution in [3.05, 3.63) is 0 Å². The monoisotopic (exact) mass is 194 g/mol. The van der Waals surface area contributed by atoms with Gasteiger partial charge in [0.2, 0.25) is 0 Å². The predicted molar refractivity (Wildman–Crippen MR) is 62.1 cm³/mol. The third-order valence-corrected chi connectivity index (χ3v) is 4.58. The molecule has 0 aromatic heterocycles. The molecule has 0 N–H and O–H groups in total. The molecule has 0 spiro atoms. The molecule has 0 heteroatoms. The van der Waals surface area contributed by atoms with Gasteiger partial charge in [-0.25, -0.2) is 0 Å². The van der Waals surface area contributed by atoms with E-state index in [0.717, 1.165) is 35.5 Å². The van der Waals surface area contributed by atoms with E-state index in [1.807, 2.05) is 0 Å². The molecule has 2 saturated carbocycles. The zero-order valence-corrected chi connectivity index (χ0v) is 10.3. The van der Waals surface area contributed by atoms with Gasteiger partial charge >= 0.3 is 0 Å². The van der Waals surface area contributed by atoms with E-state index in [1.165, 1.54) is 25.7 Å². The maximum atomic E-state index is 2.39. The van der Waals surface area contributed by atoms with Gasteiger partial charge in [0.1, 0.15) is 0 Å². The van der Waals surface area contributed by atoms with Crippen LogP contribution in [0.25, 0.3) is 0 Å². The molecule has 0 saturated heterocycles. The molecule has 0 nitrogen and oxygen atoms in total. The summed E-state index contributed by atoms with van der Waals surface area (Å²) in [6, 6.07) is 0. The highest BCUT2D eigenvalue weighted by Gasteiger charge is 2.43. The summed E-state index contributed by atoms with van der Waals surface area (Å²) in [5.74, 6) is 6.30. The van der Waals surface area contributed by atoms with Crippen LogP contribution in [-0.4, -0.2) is 0 Å². The van der Waals surface area contributed by atoms with Crippen LogP contribution in [-0.2, 0) is 0 Å². The fraction of sp³-hybridized carbons (Fsp3) is 1.00. The standard InChI is InChI=1S/C14H26/c1-9(2)13-7-11(13)5-6-12-8-14(12)10(3)4/h9-14H,5-8H2,1-4H3. The summed E-state index contributed by atoms with van der Waals surface area (Å²) >= 11 is 0. The first-order valence-corrected chi connectivity index (χ1v) is 6.59. The third-order valence-electron chi connectivity index (χ3n) is 4.58. The molecule has 0 aromatic carbocycles. The molecule has 4 unspecified atom stereocenters. The minimum Gasteiger partial charge on any atom is -0.0625 e. The van der Waals surface area contributed by atoms with Crippen LogP contribution in [0.3, 0.4) is 0 Å². The molecular formula is C14H26. The fourth-order valence-corrected chi connectivity index (χ4v) is 3.27. The van der Waals surface area contributed by atoms with E-state index in [4.69, 9.17) is 0 Å². The third kappa shape index (κ3) is 2.32. The Morgan fingerprint density at radius 2 is 1.14 bits per heavy atom. The first-order chi connectivity index (χ1) is 6.59. The second-order valence-electron chi connectivity index (χ2n) is 6.38. The lowest BCUT2D eigenvalue weighted by Gasteiger charge is -2.04. The van der Waals surface area contributed by atoms with Crippen LogP contribution in [0.15, 0.2) is 0 Å². The lowest BCUT2D eigenvalue weighted by molar-refractivity contribution is 0.457. The molecule has 0 heterocycles. The highest BCUT2D eigenvalue weighted by atomic mass is 14.5. The van der Waals surface area contributed by atoms with Crippen molar-refractivity contribution in [3.8, 4) is 0 Å². The van der Waals surface area contributed by atoms with Gasteiger partial charge in [-0.1, -0.05) is 27.7 Å². The van der Waals surface area contributed by atoms with Crippen LogP contribution in [0.5, 0.6) is 0 Å². The summed E-state index contributed by atoms with van der Waals surface area (Å²) in [6.07, 6.45) is 6.15. The van der Waals surface area contributed by atoms with Crippen molar-refractivity contribution in [2.45, 2.75) is 53.4 Å². The van der Waals surface area contributed by atoms with Gasteiger partial charge in [-0.15, -0.1) is 0 Å². The Balaban J connectivity index is 1.58. The van der Waals surface area contributed by atoms with E-state index in [9.17, 15) is 0 Å². The highest BCUT2D eigenvalue weighted by molar-refractivity contribution is 4.93. The van der Waals surface area contributed by atoms with Crippen LogP contribution in [0, 0.1) is 35.5 Å². The number of hydrogen-bond donors (Lipinski definition) is 0. The predicted octanol–water partition coefficient (Wildman–Crippen LogP) is 4.35. The summed E-state index contributed by atoms with van der Waals surface area (Å²) in [7, 11) is 0. The lowest BCUT2D eigenvalue weighted by atomic mass is 10.0. The van der Waals surface area contributed by atoms with Gasteiger partial charge in [0.05, 0.1) is 0 Å². The molecule has 0 aromatic rings. The van der Waals surface area contributed by atoms with Gasteiger partial charge in [0, 0.05) is 0 Å². The molecule has 2 aliphatic rings. The molecule has 0 amide bonds. The van der Waals surface area contributed by atoms with E-state index in [0.29, 0.717) is 0 Å². The minimum atomic E-state index is 0.945. The molecule has 14 heavy (non-hydrogen) atoms. The van der Waals surface area contributed by atoms with Crippen molar-refractivity contribution < 1.29 is 0 Å². The Morgan fingerprint density at radius 3 is 1.36 bits per heavy atom. The first kappa shape index (κ1) is 10.5. The quantitative estimate of drug-likeness (QED) is 0.610. The zero-order chi connectivity index (χ0) is 10.3. The number of rotatable bonds is 5. The van der Waals surface area contributed by atoms with Crippen LogP contribution in [0.1, 0.15) is 53.4 Å². The average molecular weight is 194 g/mol. The molecule has 2 rings (SSSR count). The Labute approximate surface area is 89.5 Å². The maximum absolute atomic E-state index is 2.39. The molecule has 2 fully saturated rings. The molecule has 0 bridgehead atoms. The van der Waals surface area contributed by atoms with Crippen molar-refractivity contribution in [2.75, 3.05) is 0 Å². The number of hydrogen-bond acceptors (Lipinski definition) is 0. The largest absolute Gasteiger partial charge is 0.0625 e. The van der Waals surface area contributed by atoms with Gasteiger partial charge in [-0.2, -0.15) is 0 Å². The Morgan fingerprint density at radius 1 is 0.786 bits per heavy atom. The van der Waals surface area contributed by atoms with Gasteiger partial charge in [0.15, 0.2) is 0 Å². The molecule has 82 valence electrons. The zero-order valence-electron chi connectivity index (χ0n) is 10.3. The van der Waals surface area contributed by atoms with Crippen molar-refractivity contribution in [3.63, 3.8) is 0 Å². The summed E-state index contributed by atoms with van der Waals surface area (Å²) in [5.41, 5.74) is 0. The fourth-order valence-electron chi connectivity index (χ4n) is 3.27. The van der Waals surface area contributed by atoms with Crippen LogP contribution in [0.4, 0.5) is 0 Å². The summed E-state index contributed by atoms with van der Waals surface area (Å²) < 4.78 is 0. The Hall–Kier alpha value is 0. The van der Waals surface area contributed by atoms with Gasteiger partial charge in [0.25, 0.3) is 0 Å². The van der Waals surface area contributed by atoms with Crippen LogP contribution in [0.2, 0.25) is 0 Å². The molecule has 2 aliphatic carbocycles. The summed E-state index contributed by atoms with van der Waals surface area (Å²) in [5, 5.41) is 0. The Bertz CT molecular complexity index is 170. The van der Waals surface area contributed by atoms with E-state index < -0.39 is 0 Å². The van der Waals surface area contributed by atoms with Crippen molar-refractivity contribution >= 4 is 0 Å². The van der Waals surface area contributed by atoms with Gasteiger partial charge in [-0.05, 0) is 61.2 Å². The first-order valence-electron chi connectivity index (χ1n) is 6.59. The van der Waals surface area contributed by atoms with E-state index in [1.54, 1.807) is 0 Å². The van der Waals surface area contributed by atoms with Crippen molar-refractivity contribution in [2.24, 2.45) is 35.5 Å². The topological polar surface area (TPSA) is 0 Å². The van der Waals surface area contributed by atoms with E-state index in [2.05, 4.69) is 27.7 Å². The SMILES string of the molecule is CC(C)C1CC1CCC1CC1C(C)C. The van der Waals surface area contributed by atoms with E-state index >= 15 is 0 Å². The van der Waals surface area contributed by atoms with E-state index in [-0.39, 0.29) is 0 Å². The summed E-state index contributed by atoms with van der Waals surface area (Å²) in [6.45, 7) is 9.55. The second-order valence-corrected chi connectivity index (χ2v) is 6.38. The van der Waals surface area contributed by atoms with Crippen molar-refractivity contribution in [1.82, 2.24) is 0 Å². The van der Waals surface area contributed by atoms with Gasteiger partial charge in [-0.3, -0.25) is 0 Å². The molecule has 4 atom stereocenters. The molecule has 0 radical (unpaired) electrons. The molecular weight excluding hydrogens is 168 g/mol. The van der Waals surface area contributed by atoms with Crippen molar-refractivity contribution in [1.29, 1.82) is 0 Å². The maximum Gasteiger partial charge on any atom is -0.0360 e. The minimum absolute atomic E-state index is 0.945. The average Bonchev–Trinajstić information content (AvgIpc) is 2.96. The smallest absolute Gasteiger partial charge is 0.0360 e. The van der Waals surface area contributed by atoms with Crippen LogP contribution >= 0.6 is 0 Å². The highest BCUT2D eigenvalue weighted by Crippen LogP contribution is 2.52. The van der Waals surface area contributed by atoms with Crippen LogP contribution < -0.4 is 0 Å². The normalized spacial score (nSPS) is 40.7. The summed E-state index contributed by atoms with van der Waals surface area (Å²) in [4.78, 5) is 0.